The normalized spacial score (nSPS) is 14.2. The molecular formula is C10H16BrNO2S. The summed E-state index contributed by atoms with van der Waals surface area (Å²) < 4.78 is 1.06. The molecule has 0 aromatic carbocycles. The van der Waals surface area contributed by atoms with Crippen LogP contribution in [-0.2, 0) is 0 Å². The van der Waals surface area contributed by atoms with Gasteiger partial charge in [-0.1, -0.05) is 0 Å². The van der Waals surface area contributed by atoms with E-state index in [-0.39, 0.29) is 19.3 Å². The van der Waals surface area contributed by atoms with E-state index in [1.807, 2.05) is 18.4 Å². The second kappa shape index (κ2) is 5.41. The highest BCUT2D eigenvalue weighted by Crippen LogP contribution is 2.29. The first-order valence-corrected chi connectivity index (χ1v) is 6.42. The van der Waals surface area contributed by atoms with Crippen LogP contribution in [0.5, 0.6) is 0 Å². The second-order valence-electron chi connectivity index (χ2n) is 3.88. The van der Waals surface area contributed by atoms with Gasteiger partial charge in [-0.2, -0.15) is 0 Å². The number of aliphatic hydroxyl groups excluding tert-OH is 2. The number of nitrogens with one attached hydrogen (secondary N) is 1. The molecule has 1 aromatic heterocycles. The van der Waals surface area contributed by atoms with Crippen LogP contribution in [0.3, 0.4) is 0 Å². The zero-order valence-corrected chi connectivity index (χ0v) is 11.2. The topological polar surface area (TPSA) is 52.5 Å². The molecule has 15 heavy (non-hydrogen) atoms. The smallest absolute Gasteiger partial charge is 0.0633 e. The van der Waals surface area contributed by atoms with Crippen LogP contribution < -0.4 is 5.32 Å². The number of hydrogen-bond donors (Lipinski definition) is 3. The summed E-state index contributed by atoms with van der Waals surface area (Å²) in [6, 6.07) is 2.09. The first-order chi connectivity index (χ1) is 7.02. The zero-order valence-electron chi connectivity index (χ0n) is 8.83. The minimum atomic E-state index is -0.636. The molecule has 1 aromatic rings. The Labute approximate surface area is 102 Å². The van der Waals surface area contributed by atoms with Crippen LogP contribution in [0.1, 0.15) is 24.8 Å². The maximum atomic E-state index is 9.17. The summed E-state index contributed by atoms with van der Waals surface area (Å²) in [7, 11) is 0. The van der Waals surface area contributed by atoms with E-state index in [0.717, 1.165) is 4.47 Å². The van der Waals surface area contributed by atoms with E-state index in [4.69, 9.17) is 0 Å². The number of aliphatic hydroxyl groups is 2. The van der Waals surface area contributed by atoms with Gasteiger partial charge in [0.2, 0.25) is 0 Å². The Morgan fingerprint density at radius 3 is 2.53 bits per heavy atom. The van der Waals surface area contributed by atoms with Crippen molar-refractivity contribution >= 4 is 27.3 Å². The maximum absolute atomic E-state index is 9.17. The third-order valence-electron chi connectivity index (χ3n) is 2.30. The molecule has 1 unspecified atom stereocenters. The average molecular weight is 294 g/mol. The molecule has 3 N–H and O–H groups in total. The molecule has 0 fully saturated rings. The van der Waals surface area contributed by atoms with Gasteiger partial charge in [-0.05, 0) is 41.2 Å². The molecule has 86 valence electrons. The fourth-order valence-corrected chi connectivity index (χ4v) is 3.07. The van der Waals surface area contributed by atoms with Crippen molar-refractivity contribution < 1.29 is 10.2 Å². The van der Waals surface area contributed by atoms with Gasteiger partial charge in [0.25, 0.3) is 0 Å². The number of hydrogen-bond acceptors (Lipinski definition) is 4. The van der Waals surface area contributed by atoms with Crippen LogP contribution in [0.25, 0.3) is 0 Å². The molecule has 1 rings (SSSR count). The third-order valence-corrected chi connectivity index (χ3v) is 4.35. The monoisotopic (exact) mass is 293 g/mol. The van der Waals surface area contributed by atoms with Gasteiger partial charge in [0.15, 0.2) is 0 Å². The molecular weight excluding hydrogens is 278 g/mol. The maximum Gasteiger partial charge on any atom is 0.0633 e. The largest absolute Gasteiger partial charge is 0.394 e. The van der Waals surface area contributed by atoms with Crippen LogP contribution in [0.15, 0.2) is 15.9 Å². The van der Waals surface area contributed by atoms with Crippen molar-refractivity contribution in [1.29, 1.82) is 0 Å². The van der Waals surface area contributed by atoms with E-state index in [2.05, 4.69) is 21.2 Å². The van der Waals surface area contributed by atoms with Crippen molar-refractivity contribution in [1.82, 2.24) is 5.32 Å². The van der Waals surface area contributed by atoms with Crippen molar-refractivity contribution in [2.24, 2.45) is 0 Å². The molecule has 3 nitrogen and oxygen atoms in total. The third kappa shape index (κ3) is 3.26. The lowest BCUT2D eigenvalue weighted by Crippen LogP contribution is -2.49. The highest BCUT2D eigenvalue weighted by Gasteiger charge is 2.25. The van der Waals surface area contributed by atoms with Crippen molar-refractivity contribution in [2.75, 3.05) is 13.2 Å². The van der Waals surface area contributed by atoms with Gasteiger partial charge >= 0.3 is 0 Å². The molecule has 5 heteroatoms. The summed E-state index contributed by atoms with van der Waals surface area (Å²) in [5.41, 5.74) is -0.636. The minimum Gasteiger partial charge on any atom is -0.394 e. The van der Waals surface area contributed by atoms with Gasteiger partial charge in [0.05, 0.1) is 18.8 Å². The van der Waals surface area contributed by atoms with E-state index >= 15 is 0 Å². The molecule has 0 aliphatic rings. The van der Waals surface area contributed by atoms with Crippen molar-refractivity contribution in [3.63, 3.8) is 0 Å². The van der Waals surface area contributed by atoms with Gasteiger partial charge < -0.3 is 10.2 Å². The highest BCUT2D eigenvalue weighted by molar-refractivity contribution is 9.10. The van der Waals surface area contributed by atoms with Gasteiger partial charge in [0, 0.05) is 15.4 Å². The first kappa shape index (κ1) is 13.1. The van der Waals surface area contributed by atoms with Gasteiger partial charge in [-0.25, -0.2) is 0 Å². The molecule has 0 aliphatic heterocycles. The van der Waals surface area contributed by atoms with E-state index < -0.39 is 5.54 Å². The molecule has 0 saturated carbocycles. The summed E-state index contributed by atoms with van der Waals surface area (Å²) in [5, 5.41) is 23.6. The van der Waals surface area contributed by atoms with Crippen molar-refractivity contribution in [3.8, 4) is 0 Å². The molecule has 0 saturated heterocycles. The van der Waals surface area contributed by atoms with Crippen LogP contribution >= 0.6 is 27.3 Å². The average Bonchev–Trinajstić information content (AvgIpc) is 2.64. The lowest BCUT2D eigenvalue weighted by molar-refractivity contribution is 0.0960. The summed E-state index contributed by atoms with van der Waals surface area (Å²) in [5.74, 6) is 0. The van der Waals surface area contributed by atoms with E-state index in [9.17, 15) is 10.2 Å². The lowest BCUT2D eigenvalue weighted by Gasteiger charge is -2.30. The Morgan fingerprint density at radius 1 is 1.53 bits per heavy atom. The standard InChI is InChI=1S/C10H16BrNO2S/c1-7(9-8(11)3-4-15-9)12-10(2,5-13)6-14/h3-4,7,12-14H,5-6H2,1-2H3. The van der Waals surface area contributed by atoms with Crippen LogP contribution in [0.2, 0.25) is 0 Å². The Morgan fingerprint density at radius 2 is 2.13 bits per heavy atom. The van der Waals surface area contributed by atoms with Gasteiger partial charge in [0.1, 0.15) is 0 Å². The molecule has 0 bridgehead atoms. The summed E-state index contributed by atoms with van der Waals surface area (Å²) >= 11 is 5.11. The highest BCUT2D eigenvalue weighted by atomic mass is 79.9. The second-order valence-corrected chi connectivity index (χ2v) is 5.68. The summed E-state index contributed by atoms with van der Waals surface area (Å²) in [6.45, 7) is 3.64. The molecule has 0 amide bonds. The predicted molar refractivity (Wildman–Crippen MR) is 66.1 cm³/mol. The van der Waals surface area contributed by atoms with Crippen LogP contribution in [0.4, 0.5) is 0 Å². The Kier molecular flexibility index (Phi) is 4.73. The van der Waals surface area contributed by atoms with Crippen LogP contribution in [0, 0.1) is 0 Å². The van der Waals surface area contributed by atoms with E-state index in [1.165, 1.54) is 4.88 Å². The Bertz CT molecular complexity index is 312. The predicted octanol–water partition coefficient (Wildman–Crippen LogP) is 1.90. The fraction of sp³-hybridized carbons (Fsp3) is 0.600. The molecule has 1 heterocycles. The SMILES string of the molecule is CC(NC(C)(CO)CO)c1sccc1Br. The van der Waals surface area contributed by atoms with E-state index in [1.54, 1.807) is 18.3 Å². The molecule has 1 atom stereocenters. The zero-order chi connectivity index (χ0) is 11.5. The number of halogens is 1. The van der Waals surface area contributed by atoms with Crippen molar-refractivity contribution in [3.05, 3.63) is 20.8 Å². The molecule has 0 spiro atoms. The van der Waals surface area contributed by atoms with Gasteiger partial charge in [-0.15, -0.1) is 11.3 Å². The lowest BCUT2D eigenvalue weighted by atomic mass is 10.0. The quantitative estimate of drug-likeness (QED) is 0.777. The molecule has 0 aliphatic carbocycles. The van der Waals surface area contributed by atoms with Crippen molar-refractivity contribution in [2.45, 2.75) is 25.4 Å². The summed E-state index contributed by atoms with van der Waals surface area (Å²) in [4.78, 5) is 1.17. The summed E-state index contributed by atoms with van der Waals surface area (Å²) in [6.07, 6.45) is 0. The Balaban J connectivity index is 2.71. The Hall–Kier alpha value is 0.0600. The fourth-order valence-electron chi connectivity index (χ4n) is 1.34. The van der Waals surface area contributed by atoms with Gasteiger partial charge in [-0.3, -0.25) is 5.32 Å². The number of thiophene rings is 1. The molecule has 0 radical (unpaired) electrons. The number of rotatable bonds is 5. The first-order valence-electron chi connectivity index (χ1n) is 4.75. The van der Waals surface area contributed by atoms with Crippen LogP contribution in [-0.4, -0.2) is 29.0 Å². The van der Waals surface area contributed by atoms with E-state index in [0.29, 0.717) is 0 Å². The minimum absolute atomic E-state index is 0.0865.